The number of para-hydroxylation sites is 1. The molecule has 0 aromatic heterocycles. The van der Waals surface area contributed by atoms with E-state index in [-0.39, 0.29) is 16.1 Å². The zero-order chi connectivity index (χ0) is 25.4. The lowest BCUT2D eigenvalue weighted by molar-refractivity contribution is -0.385. The first kappa shape index (κ1) is 24.0. The first-order valence-corrected chi connectivity index (χ1v) is 11.0. The monoisotopic (exact) mass is 498 g/mol. The summed E-state index contributed by atoms with van der Waals surface area (Å²) in [6, 6.07) is 8.87. The van der Waals surface area contributed by atoms with E-state index in [0.29, 0.717) is 17.9 Å². The topological polar surface area (TPSA) is 144 Å². The van der Waals surface area contributed by atoms with Crippen LogP contribution in [0.2, 0.25) is 5.02 Å². The minimum Gasteiger partial charge on any atom is -0.272 e. The Morgan fingerprint density at radius 3 is 2.40 bits per heavy atom. The highest BCUT2D eigenvalue weighted by molar-refractivity contribution is 6.30. The number of hydrazine groups is 1. The fourth-order valence-corrected chi connectivity index (χ4v) is 4.61. The van der Waals surface area contributed by atoms with Crippen molar-refractivity contribution in [3.8, 4) is 0 Å². The number of amides is 3. The van der Waals surface area contributed by atoms with Crippen molar-refractivity contribution < 1.29 is 24.2 Å². The van der Waals surface area contributed by atoms with Gasteiger partial charge in [0.15, 0.2) is 0 Å². The van der Waals surface area contributed by atoms with Crippen LogP contribution in [0.15, 0.2) is 54.1 Å². The summed E-state index contributed by atoms with van der Waals surface area (Å²) < 4.78 is 0. The summed E-state index contributed by atoms with van der Waals surface area (Å²) in [6.07, 6.45) is 2.50. The standard InChI is InChI=1S/C23H19ClN4O7/c1-13-6-9-16-18(10-13)23(31)26(22(16)30)25(12-14-7-8-15(24)11-20(14)28(34)35)21(29)17-4-2-3-5-19(17)27(32)33/h2-8,11,16,18H,9-10,12H2,1H3/t16-,18-/m0/s1. The van der Waals surface area contributed by atoms with E-state index in [9.17, 15) is 34.6 Å². The van der Waals surface area contributed by atoms with Crippen LogP contribution in [0.5, 0.6) is 0 Å². The average Bonchev–Trinajstić information content (AvgIpc) is 3.06. The van der Waals surface area contributed by atoms with E-state index < -0.39 is 57.3 Å². The number of nitro benzene ring substituents is 2. The molecule has 2 aromatic carbocycles. The quantitative estimate of drug-likeness (QED) is 0.253. The maximum Gasteiger partial charge on any atom is 0.282 e. The number of allylic oxidation sites excluding steroid dienone is 2. The Bertz CT molecular complexity index is 1310. The molecule has 2 aliphatic rings. The van der Waals surface area contributed by atoms with E-state index in [1.165, 1.54) is 30.3 Å². The number of hydrogen-bond acceptors (Lipinski definition) is 7. The van der Waals surface area contributed by atoms with Crippen LogP contribution >= 0.6 is 11.6 Å². The number of imide groups is 1. The Labute approximate surface area is 203 Å². The minimum absolute atomic E-state index is 0.00360. The van der Waals surface area contributed by atoms with E-state index in [0.717, 1.165) is 22.7 Å². The van der Waals surface area contributed by atoms with Gasteiger partial charge in [-0.1, -0.05) is 35.4 Å². The summed E-state index contributed by atoms with van der Waals surface area (Å²) in [5.74, 6) is -3.64. The predicted octanol–water partition coefficient (Wildman–Crippen LogP) is 4.06. The second kappa shape index (κ2) is 9.26. The molecule has 180 valence electrons. The molecule has 2 atom stereocenters. The van der Waals surface area contributed by atoms with Gasteiger partial charge in [-0.3, -0.25) is 34.6 Å². The normalized spacial score (nSPS) is 19.3. The molecule has 3 amide bonds. The van der Waals surface area contributed by atoms with Gasteiger partial charge in [0.2, 0.25) is 0 Å². The number of carbonyl (C=O) groups excluding carboxylic acids is 3. The van der Waals surface area contributed by atoms with Gasteiger partial charge in [-0.2, -0.15) is 5.01 Å². The Balaban J connectivity index is 1.82. The highest BCUT2D eigenvalue weighted by atomic mass is 35.5. The fraction of sp³-hybridized carbons (Fsp3) is 0.261. The predicted molar refractivity (Wildman–Crippen MR) is 123 cm³/mol. The molecule has 1 saturated heterocycles. The molecule has 0 radical (unpaired) electrons. The molecule has 1 heterocycles. The highest BCUT2D eigenvalue weighted by Crippen LogP contribution is 2.39. The first-order valence-electron chi connectivity index (χ1n) is 10.6. The molecule has 0 spiro atoms. The maximum atomic E-state index is 13.6. The van der Waals surface area contributed by atoms with Crippen LogP contribution in [0.25, 0.3) is 0 Å². The van der Waals surface area contributed by atoms with Crippen molar-refractivity contribution in [2.45, 2.75) is 26.3 Å². The van der Waals surface area contributed by atoms with Gasteiger partial charge in [0, 0.05) is 17.2 Å². The van der Waals surface area contributed by atoms with Gasteiger partial charge in [-0.15, -0.1) is 0 Å². The molecule has 0 saturated carbocycles. The molecular weight excluding hydrogens is 480 g/mol. The number of hydrogen-bond donors (Lipinski definition) is 0. The SMILES string of the molecule is CC1=CC[C@@H]2C(=O)N(N(Cc3ccc(Cl)cc3[N+](=O)[O-])C(=O)c3ccccc3[N+](=O)[O-])C(=O)[C@H]2C1. The van der Waals surface area contributed by atoms with Crippen LogP contribution in [0, 0.1) is 32.1 Å². The smallest absolute Gasteiger partial charge is 0.272 e. The molecule has 4 rings (SSSR count). The van der Waals surface area contributed by atoms with Gasteiger partial charge in [-0.05, 0) is 38.0 Å². The van der Waals surface area contributed by atoms with Crippen molar-refractivity contribution in [2.75, 3.05) is 0 Å². The number of fused-ring (bicyclic) bond motifs is 1. The third-order valence-corrected chi connectivity index (χ3v) is 6.41. The lowest BCUT2D eigenvalue weighted by Gasteiger charge is -2.30. The molecule has 1 aliphatic heterocycles. The Morgan fingerprint density at radius 1 is 1.06 bits per heavy atom. The number of nitro groups is 2. The van der Waals surface area contributed by atoms with Crippen molar-refractivity contribution >= 4 is 40.7 Å². The van der Waals surface area contributed by atoms with Crippen LogP contribution in [0.3, 0.4) is 0 Å². The maximum absolute atomic E-state index is 13.6. The van der Waals surface area contributed by atoms with Crippen LogP contribution in [-0.2, 0) is 16.1 Å². The molecule has 1 fully saturated rings. The van der Waals surface area contributed by atoms with Gasteiger partial charge < -0.3 is 0 Å². The number of nitrogens with zero attached hydrogens (tertiary/aromatic N) is 4. The molecule has 2 aromatic rings. The van der Waals surface area contributed by atoms with Crippen LogP contribution in [-0.4, -0.2) is 37.6 Å². The second-order valence-corrected chi connectivity index (χ2v) is 8.80. The Kier molecular flexibility index (Phi) is 6.35. The van der Waals surface area contributed by atoms with Gasteiger partial charge in [0.05, 0.1) is 33.8 Å². The van der Waals surface area contributed by atoms with Gasteiger partial charge >= 0.3 is 0 Å². The summed E-state index contributed by atoms with van der Waals surface area (Å²) in [4.78, 5) is 62.0. The van der Waals surface area contributed by atoms with Crippen LogP contribution in [0.4, 0.5) is 11.4 Å². The van der Waals surface area contributed by atoms with E-state index >= 15 is 0 Å². The number of benzene rings is 2. The van der Waals surface area contributed by atoms with Crippen LogP contribution < -0.4 is 0 Å². The molecular formula is C23H19ClN4O7. The summed E-state index contributed by atoms with van der Waals surface area (Å²) in [5, 5.41) is 24.7. The van der Waals surface area contributed by atoms with Gasteiger partial charge in [0.1, 0.15) is 5.56 Å². The second-order valence-electron chi connectivity index (χ2n) is 8.36. The molecule has 0 bridgehead atoms. The summed E-state index contributed by atoms with van der Waals surface area (Å²) in [5.41, 5.74) is -0.386. The molecule has 12 heteroatoms. The zero-order valence-corrected chi connectivity index (χ0v) is 19.2. The lowest BCUT2D eigenvalue weighted by Crippen LogP contribution is -2.50. The molecule has 0 unspecified atom stereocenters. The Hall–Kier alpha value is -4.12. The van der Waals surface area contributed by atoms with Gasteiger partial charge in [0.25, 0.3) is 29.1 Å². The zero-order valence-electron chi connectivity index (χ0n) is 18.4. The molecule has 11 nitrogen and oxygen atoms in total. The summed E-state index contributed by atoms with van der Waals surface area (Å²) >= 11 is 5.90. The van der Waals surface area contributed by atoms with E-state index in [1.54, 1.807) is 0 Å². The third-order valence-electron chi connectivity index (χ3n) is 6.17. The number of rotatable bonds is 6. The van der Waals surface area contributed by atoms with Crippen LogP contribution in [0.1, 0.15) is 35.7 Å². The van der Waals surface area contributed by atoms with Crippen molar-refractivity contribution in [2.24, 2.45) is 11.8 Å². The van der Waals surface area contributed by atoms with Crippen molar-refractivity contribution in [3.05, 3.63) is 90.5 Å². The highest BCUT2D eigenvalue weighted by Gasteiger charge is 2.52. The van der Waals surface area contributed by atoms with Gasteiger partial charge in [-0.25, -0.2) is 5.01 Å². The van der Waals surface area contributed by atoms with Crippen molar-refractivity contribution in [3.63, 3.8) is 0 Å². The van der Waals surface area contributed by atoms with E-state index in [4.69, 9.17) is 11.6 Å². The lowest BCUT2D eigenvalue weighted by atomic mass is 9.82. The Morgan fingerprint density at radius 2 is 1.71 bits per heavy atom. The van der Waals surface area contributed by atoms with E-state index in [1.807, 2.05) is 13.0 Å². The molecule has 35 heavy (non-hydrogen) atoms. The minimum atomic E-state index is -1.01. The first-order chi connectivity index (χ1) is 16.6. The number of carbonyl (C=O) groups is 3. The van der Waals surface area contributed by atoms with E-state index in [2.05, 4.69) is 0 Å². The van der Waals surface area contributed by atoms with Crippen molar-refractivity contribution in [1.29, 1.82) is 0 Å². The van der Waals surface area contributed by atoms with Crippen molar-refractivity contribution in [1.82, 2.24) is 10.0 Å². The largest absolute Gasteiger partial charge is 0.282 e. The summed E-state index contributed by atoms with van der Waals surface area (Å²) in [6.45, 7) is 1.28. The summed E-state index contributed by atoms with van der Waals surface area (Å²) in [7, 11) is 0. The fourth-order valence-electron chi connectivity index (χ4n) is 4.45. The third kappa shape index (κ3) is 4.37. The number of halogens is 1. The molecule has 0 N–H and O–H groups in total. The average molecular weight is 499 g/mol. The molecule has 1 aliphatic carbocycles.